The fourth-order valence-electron chi connectivity index (χ4n) is 5.14. The van der Waals surface area contributed by atoms with Crippen LogP contribution in [0.4, 0.5) is 5.69 Å². The Hall–Kier alpha value is -1.96. The Labute approximate surface area is 151 Å². The van der Waals surface area contributed by atoms with Crippen molar-refractivity contribution in [2.45, 2.75) is 57.9 Å². The predicted octanol–water partition coefficient (Wildman–Crippen LogP) is 5.53. The molecule has 1 aliphatic carbocycles. The largest absolute Gasteiger partial charge is 0.497 e. The first-order chi connectivity index (χ1) is 12.1. The highest BCUT2D eigenvalue weighted by molar-refractivity contribution is 5.67. The SMILES string of the molecule is COc1ccc(CN2CC3(CCCCC3)c3c(C)cc(C)cc32)cc1. The molecule has 1 spiro atoms. The summed E-state index contributed by atoms with van der Waals surface area (Å²) >= 11 is 0. The van der Waals surface area contributed by atoms with Gasteiger partial charge in [-0.1, -0.05) is 37.5 Å². The quantitative estimate of drug-likeness (QED) is 0.731. The lowest BCUT2D eigenvalue weighted by Gasteiger charge is -2.35. The molecule has 25 heavy (non-hydrogen) atoms. The van der Waals surface area contributed by atoms with Crippen LogP contribution in [0.1, 0.15) is 54.4 Å². The topological polar surface area (TPSA) is 12.5 Å². The number of aryl methyl sites for hydroxylation is 2. The molecule has 132 valence electrons. The zero-order valence-corrected chi connectivity index (χ0v) is 15.8. The Balaban J connectivity index is 1.70. The number of hydrogen-bond donors (Lipinski definition) is 0. The molecule has 0 atom stereocenters. The average Bonchev–Trinajstić information content (AvgIpc) is 2.89. The van der Waals surface area contributed by atoms with E-state index < -0.39 is 0 Å². The van der Waals surface area contributed by atoms with Crippen molar-refractivity contribution in [1.82, 2.24) is 0 Å². The minimum Gasteiger partial charge on any atom is -0.497 e. The third-order valence-electron chi connectivity index (χ3n) is 6.17. The monoisotopic (exact) mass is 335 g/mol. The first kappa shape index (κ1) is 16.5. The third-order valence-corrected chi connectivity index (χ3v) is 6.17. The molecule has 1 heterocycles. The van der Waals surface area contributed by atoms with Crippen molar-refractivity contribution in [2.24, 2.45) is 0 Å². The maximum atomic E-state index is 5.30. The van der Waals surface area contributed by atoms with Gasteiger partial charge in [-0.3, -0.25) is 0 Å². The molecule has 2 aliphatic rings. The van der Waals surface area contributed by atoms with Gasteiger partial charge in [0.1, 0.15) is 5.75 Å². The van der Waals surface area contributed by atoms with Gasteiger partial charge >= 0.3 is 0 Å². The van der Waals surface area contributed by atoms with Gasteiger partial charge in [0.25, 0.3) is 0 Å². The molecule has 2 aromatic carbocycles. The molecule has 0 unspecified atom stereocenters. The van der Waals surface area contributed by atoms with Crippen LogP contribution in [0, 0.1) is 13.8 Å². The second kappa shape index (κ2) is 6.40. The maximum Gasteiger partial charge on any atom is 0.118 e. The maximum absolute atomic E-state index is 5.30. The summed E-state index contributed by atoms with van der Waals surface area (Å²) in [6, 6.07) is 13.3. The number of methoxy groups -OCH3 is 1. The lowest BCUT2D eigenvalue weighted by molar-refractivity contribution is 0.309. The first-order valence-corrected chi connectivity index (χ1v) is 9.61. The summed E-state index contributed by atoms with van der Waals surface area (Å²) in [5.74, 6) is 0.931. The minimum atomic E-state index is 0.387. The molecule has 0 aromatic heterocycles. The minimum absolute atomic E-state index is 0.387. The van der Waals surface area contributed by atoms with E-state index in [0.29, 0.717) is 5.41 Å². The molecule has 0 bridgehead atoms. The van der Waals surface area contributed by atoms with Crippen LogP contribution in [0.15, 0.2) is 36.4 Å². The Bertz CT molecular complexity index is 756. The van der Waals surface area contributed by atoms with Gasteiger partial charge in [-0.2, -0.15) is 0 Å². The van der Waals surface area contributed by atoms with Gasteiger partial charge < -0.3 is 9.64 Å². The van der Waals surface area contributed by atoms with E-state index in [4.69, 9.17) is 4.74 Å². The van der Waals surface area contributed by atoms with Crippen LogP contribution in [-0.2, 0) is 12.0 Å². The molecular weight excluding hydrogens is 306 g/mol. The van der Waals surface area contributed by atoms with Crippen LogP contribution in [0.3, 0.4) is 0 Å². The average molecular weight is 335 g/mol. The molecule has 1 saturated carbocycles. The fourth-order valence-corrected chi connectivity index (χ4v) is 5.14. The standard InChI is InChI=1S/C23H29NO/c1-17-13-18(2)22-21(14-17)24(16-23(22)11-5-4-6-12-23)15-19-7-9-20(25-3)10-8-19/h7-10,13-14H,4-6,11-12,15-16H2,1-3H3. The molecule has 0 amide bonds. The van der Waals surface area contributed by atoms with Crippen molar-refractivity contribution >= 4 is 5.69 Å². The van der Waals surface area contributed by atoms with Crippen LogP contribution in [0.2, 0.25) is 0 Å². The van der Waals surface area contributed by atoms with Gasteiger partial charge in [0.15, 0.2) is 0 Å². The molecule has 1 fully saturated rings. The van der Waals surface area contributed by atoms with Crippen molar-refractivity contribution in [3.63, 3.8) is 0 Å². The normalized spacial score (nSPS) is 18.4. The highest BCUT2D eigenvalue weighted by Crippen LogP contribution is 2.51. The van der Waals surface area contributed by atoms with Crippen LogP contribution < -0.4 is 9.64 Å². The third kappa shape index (κ3) is 2.92. The summed E-state index contributed by atoms with van der Waals surface area (Å²) in [6.45, 7) is 6.71. The van der Waals surface area contributed by atoms with E-state index >= 15 is 0 Å². The zero-order valence-electron chi connectivity index (χ0n) is 15.8. The van der Waals surface area contributed by atoms with Gasteiger partial charge in [0.2, 0.25) is 0 Å². The van der Waals surface area contributed by atoms with Crippen LogP contribution >= 0.6 is 0 Å². The second-order valence-corrected chi connectivity index (χ2v) is 8.02. The summed E-state index contributed by atoms with van der Waals surface area (Å²) in [4.78, 5) is 2.63. The molecule has 0 N–H and O–H groups in total. The first-order valence-electron chi connectivity index (χ1n) is 9.61. The van der Waals surface area contributed by atoms with Crippen LogP contribution in [0.5, 0.6) is 5.75 Å². The highest BCUT2D eigenvalue weighted by Gasteiger charge is 2.44. The summed E-state index contributed by atoms with van der Waals surface area (Å²) in [7, 11) is 1.73. The number of rotatable bonds is 3. The van der Waals surface area contributed by atoms with E-state index in [-0.39, 0.29) is 0 Å². The van der Waals surface area contributed by atoms with Gasteiger partial charge in [0.05, 0.1) is 7.11 Å². The number of anilines is 1. The van der Waals surface area contributed by atoms with Gasteiger partial charge in [-0.25, -0.2) is 0 Å². The van der Waals surface area contributed by atoms with Crippen LogP contribution in [-0.4, -0.2) is 13.7 Å². The summed E-state index contributed by atoms with van der Waals surface area (Å²) in [6.07, 6.45) is 6.86. The number of fused-ring (bicyclic) bond motifs is 2. The Morgan fingerprint density at radius 3 is 2.40 bits per heavy atom. The van der Waals surface area contributed by atoms with E-state index in [1.54, 1.807) is 12.7 Å². The van der Waals surface area contributed by atoms with Crippen LogP contribution in [0.25, 0.3) is 0 Å². The van der Waals surface area contributed by atoms with E-state index in [1.165, 1.54) is 61.0 Å². The predicted molar refractivity (Wildman–Crippen MR) is 105 cm³/mol. The van der Waals surface area contributed by atoms with Gasteiger partial charge in [-0.15, -0.1) is 0 Å². The van der Waals surface area contributed by atoms with Gasteiger partial charge in [-0.05, 0) is 67.1 Å². The van der Waals surface area contributed by atoms with E-state index in [2.05, 4.69) is 55.1 Å². The van der Waals surface area contributed by atoms with Crippen molar-refractivity contribution in [3.8, 4) is 5.75 Å². The van der Waals surface area contributed by atoms with E-state index in [9.17, 15) is 0 Å². The van der Waals surface area contributed by atoms with Crippen molar-refractivity contribution < 1.29 is 4.74 Å². The Morgan fingerprint density at radius 1 is 1.00 bits per heavy atom. The fraction of sp³-hybridized carbons (Fsp3) is 0.478. The van der Waals surface area contributed by atoms with Crippen molar-refractivity contribution in [1.29, 1.82) is 0 Å². The molecule has 2 nitrogen and oxygen atoms in total. The Morgan fingerprint density at radius 2 is 1.72 bits per heavy atom. The molecular formula is C23H29NO. The number of nitrogens with zero attached hydrogens (tertiary/aromatic N) is 1. The summed E-state index contributed by atoms with van der Waals surface area (Å²) in [5, 5.41) is 0. The smallest absolute Gasteiger partial charge is 0.118 e. The van der Waals surface area contributed by atoms with E-state index in [0.717, 1.165) is 12.3 Å². The molecule has 2 heteroatoms. The number of ether oxygens (including phenoxy) is 1. The second-order valence-electron chi connectivity index (χ2n) is 8.02. The summed E-state index contributed by atoms with van der Waals surface area (Å²) in [5.41, 5.74) is 7.75. The lowest BCUT2D eigenvalue weighted by Crippen LogP contribution is -2.35. The molecule has 0 saturated heterocycles. The lowest BCUT2D eigenvalue weighted by atomic mass is 9.69. The van der Waals surface area contributed by atoms with E-state index in [1.807, 2.05) is 0 Å². The number of hydrogen-bond acceptors (Lipinski definition) is 2. The van der Waals surface area contributed by atoms with Crippen molar-refractivity contribution in [3.05, 3.63) is 58.7 Å². The zero-order chi connectivity index (χ0) is 17.4. The molecule has 0 radical (unpaired) electrons. The summed E-state index contributed by atoms with van der Waals surface area (Å²) < 4.78 is 5.30. The molecule has 1 aliphatic heterocycles. The molecule has 4 rings (SSSR count). The number of benzene rings is 2. The molecule has 2 aromatic rings. The van der Waals surface area contributed by atoms with Crippen molar-refractivity contribution in [2.75, 3.05) is 18.6 Å². The van der Waals surface area contributed by atoms with Gasteiger partial charge in [0, 0.05) is 24.2 Å². The Kier molecular flexibility index (Phi) is 4.23. The highest BCUT2D eigenvalue weighted by atomic mass is 16.5.